The molecule has 136 valence electrons. The van der Waals surface area contributed by atoms with Crippen molar-refractivity contribution in [1.82, 2.24) is 9.88 Å². The Hall–Kier alpha value is -2.05. The summed E-state index contributed by atoms with van der Waals surface area (Å²) in [7, 11) is 0. The van der Waals surface area contributed by atoms with Crippen molar-refractivity contribution < 1.29 is 22.7 Å². The first-order valence-corrected chi connectivity index (χ1v) is 8.30. The largest absolute Gasteiger partial charge is 0.444 e. The Kier molecular flexibility index (Phi) is 4.29. The van der Waals surface area contributed by atoms with E-state index in [1.807, 2.05) is 26.8 Å². The van der Waals surface area contributed by atoms with Crippen LogP contribution >= 0.6 is 0 Å². The maximum absolute atomic E-state index is 12.9. The number of amides is 1. The molecular weight excluding hydrogens is 333 g/mol. The smallest absolute Gasteiger partial charge is 0.416 e. The van der Waals surface area contributed by atoms with Crippen molar-refractivity contribution in [3.8, 4) is 0 Å². The molecule has 2 aliphatic rings. The Labute approximate surface area is 144 Å². The number of rotatable bonds is 1. The van der Waals surface area contributed by atoms with E-state index in [9.17, 15) is 18.0 Å². The summed E-state index contributed by atoms with van der Waals surface area (Å²) >= 11 is 0. The van der Waals surface area contributed by atoms with Crippen LogP contribution in [0.15, 0.2) is 24.4 Å². The predicted octanol–water partition coefficient (Wildman–Crippen LogP) is 4.66. The summed E-state index contributed by atoms with van der Waals surface area (Å²) in [6.07, 6.45) is 0.359. The molecule has 0 aliphatic carbocycles. The minimum Gasteiger partial charge on any atom is -0.444 e. The highest BCUT2D eigenvalue weighted by atomic mass is 19.4. The van der Waals surface area contributed by atoms with Crippen LogP contribution in [0.5, 0.6) is 0 Å². The fraction of sp³-hybridized carbons (Fsp3) is 0.556. The van der Waals surface area contributed by atoms with Gasteiger partial charge in [0.1, 0.15) is 5.60 Å². The zero-order valence-corrected chi connectivity index (χ0v) is 14.4. The number of carbonyl (C=O) groups excluding carboxylic acids is 1. The number of nitrogens with zero attached hydrogens (tertiary/aromatic N) is 2. The van der Waals surface area contributed by atoms with Crippen LogP contribution < -0.4 is 0 Å². The van der Waals surface area contributed by atoms with Crippen molar-refractivity contribution in [2.24, 2.45) is 0 Å². The summed E-state index contributed by atoms with van der Waals surface area (Å²) in [5.41, 5.74) is -0.197. The number of pyridine rings is 1. The first-order valence-electron chi connectivity index (χ1n) is 8.30. The van der Waals surface area contributed by atoms with Gasteiger partial charge in [-0.25, -0.2) is 4.79 Å². The molecule has 2 bridgehead atoms. The minimum absolute atomic E-state index is 0.0591. The molecule has 0 radical (unpaired) electrons. The molecule has 0 aromatic carbocycles. The topological polar surface area (TPSA) is 42.4 Å². The van der Waals surface area contributed by atoms with Crippen molar-refractivity contribution >= 4 is 11.7 Å². The van der Waals surface area contributed by atoms with E-state index < -0.39 is 17.3 Å². The van der Waals surface area contributed by atoms with E-state index >= 15 is 0 Å². The molecule has 0 spiro atoms. The van der Waals surface area contributed by atoms with Gasteiger partial charge in [-0.3, -0.25) is 9.88 Å². The number of alkyl halides is 3. The van der Waals surface area contributed by atoms with Gasteiger partial charge in [-0.15, -0.1) is 0 Å². The van der Waals surface area contributed by atoms with Crippen LogP contribution in [0.1, 0.15) is 51.3 Å². The predicted molar refractivity (Wildman–Crippen MR) is 86.7 cm³/mol. The van der Waals surface area contributed by atoms with Crippen molar-refractivity contribution in [3.63, 3.8) is 0 Å². The van der Waals surface area contributed by atoms with Crippen LogP contribution in [0.25, 0.3) is 5.57 Å². The highest BCUT2D eigenvalue weighted by Crippen LogP contribution is 2.39. The maximum atomic E-state index is 12.9. The Morgan fingerprint density at radius 1 is 1.28 bits per heavy atom. The van der Waals surface area contributed by atoms with E-state index in [0.717, 1.165) is 30.5 Å². The van der Waals surface area contributed by atoms with Gasteiger partial charge in [0.25, 0.3) is 0 Å². The van der Waals surface area contributed by atoms with Crippen molar-refractivity contribution in [1.29, 1.82) is 0 Å². The number of carbonyl (C=O) groups is 1. The molecule has 3 heterocycles. The molecule has 2 atom stereocenters. The molecule has 1 amide bonds. The Morgan fingerprint density at radius 3 is 2.60 bits per heavy atom. The van der Waals surface area contributed by atoms with Gasteiger partial charge < -0.3 is 4.74 Å². The second-order valence-electron chi connectivity index (χ2n) is 7.51. The molecule has 1 aromatic heterocycles. The monoisotopic (exact) mass is 354 g/mol. The molecule has 2 unspecified atom stereocenters. The number of hydrogen-bond donors (Lipinski definition) is 0. The Morgan fingerprint density at radius 2 is 2.00 bits per heavy atom. The van der Waals surface area contributed by atoms with Crippen molar-refractivity contribution in [2.45, 2.75) is 63.9 Å². The third-order valence-electron chi connectivity index (χ3n) is 4.42. The Bertz CT molecular complexity index is 707. The lowest BCUT2D eigenvalue weighted by Gasteiger charge is -2.35. The van der Waals surface area contributed by atoms with E-state index in [2.05, 4.69) is 4.98 Å². The fourth-order valence-corrected chi connectivity index (χ4v) is 3.40. The van der Waals surface area contributed by atoms with Crippen LogP contribution in [0.2, 0.25) is 0 Å². The first kappa shape index (κ1) is 17.8. The Balaban J connectivity index is 1.84. The molecule has 0 saturated carbocycles. The van der Waals surface area contributed by atoms with Crippen LogP contribution in [0.3, 0.4) is 0 Å². The summed E-state index contributed by atoms with van der Waals surface area (Å²) < 4.78 is 44.2. The van der Waals surface area contributed by atoms with E-state index in [1.165, 1.54) is 6.20 Å². The van der Waals surface area contributed by atoms with Crippen LogP contribution in [-0.2, 0) is 10.9 Å². The third-order valence-corrected chi connectivity index (χ3v) is 4.42. The molecule has 4 nitrogen and oxygen atoms in total. The van der Waals surface area contributed by atoms with Gasteiger partial charge in [-0.1, -0.05) is 6.08 Å². The number of aromatic nitrogens is 1. The van der Waals surface area contributed by atoms with Gasteiger partial charge in [0.05, 0.1) is 17.3 Å². The van der Waals surface area contributed by atoms with Crippen LogP contribution in [0, 0.1) is 0 Å². The van der Waals surface area contributed by atoms with E-state index in [0.29, 0.717) is 12.1 Å². The fourth-order valence-electron chi connectivity index (χ4n) is 3.40. The van der Waals surface area contributed by atoms with Crippen molar-refractivity contribution in [3.05, 3.63) is 35.7 Å². The SMILES string of the molecule is CC(C)(C)OC(=O)N1C2C=C(c3cc(C(F)(F)F)ccn3)CC1CC2. The highest BCUT2D eigenvalue weighted by molar-refractivity contribution is 5.74. The molecular formula is C18H21F3N2O2. The average molecular weight is 354 g/mol. The number of ether oxygens (including phenoxy) is 1. The lowest BCUT2D eigenvalue weighted by molar-refractivity contribution is -0.137. The summed E-state index contributed by atoms with van der Waals surface area (Å²) in [4.78, 5) is 18.2. The summed E-state index contributed by atoms with van der Waals surface area (Å²) in [5, 5.41) is 0. The molecule has 0 N–H and O–H groups in total. The average Bonchev–Trinajstić information content (AvgIpc) is 2.75. The van der Waals surface area contributed by atoms with Gasteiger partial charge in [-0.05, 0) is 57.7 Å². The quantitative estimate of drug-likeness (QED) is 0.737. The van der Waals surface area contributed by atoms with Crippen molar-refractivity contribution in [2.75, 3.05) is 0 Å². The lowest BCUT2D eigenvalue weighted by Crippen LogP contribution is -2.45. The molecule has 1 fully saturated rings. The van der Waals surface area contributed by atoms with E-state index in [-0.39, 0.29) is 18.2 Å². The number of halogens is 3. The normalized spacial score (nSPS) is 23.4. The summed E-state index contributed by atoms with van der Waals surface area (Å²) in [5.74, 6) is 0. The standard InChI is InChI=1S/C18H21F3N2O2/c1-17(2,3)25-16(24)23-13-4-5-14(23)9-11(8-13)15-10-12(6-7-22-15)18(19,20)21/h6-8,10,13-14H,4-5,9H2,1-3H3. The molecule has 7 heteroatoms. The van der Waals surface area contributed by atoms with Gasteiger partial charge >= 0.3 is 12.3 Å². The molecule has 1 aromatic rings. The summed E-state index contributed by atoms with van der Waals surface area (Å²) in [6, 6.07) is 1.83. The third kappa shape index (κ3) is 3.80. The second-order valence-corrected chi connectivity index (χ2v) is 7.51. The minimum atomic E-state index is -4.39. The molecule has 2 aliphatic heterocycles. The first-order chi connectivity index (χ1) is 11.5. The molecule has 3 rings (SSSR count). The molecule has 1 saturated heterocycles. The van der Waals surface area contributed by atoms with E-state index in [4.69, 9.17) is 4.74 Å². The maximum Gasteiger partial charge on any atom is 0.416 e. The van der Waals surface area contributed by atoms with E-state index in [1.54, 1.807) is 4.90 Å². The van der Waals surface area contributed by atoms with Gasteiger partial charge in [-0.2, -0.15) is 13.2 Å². The number of hydrogen-bond acceptors (Lipinski definition) is 3. The zero-order valence-electron chi connectivity index (χ0n) is 14.4. The second kappa shape index (κ2) is 6.04. The van der Waals surface area contributed by atoms with Crippen LogP contribution in [-0.4, -0.2) is 33.7 Å². The zero-order chi connectivity index (χ0) is 18.4. The number of fused-ring (bicyclic) bond motifs is 2. The summed E-state index contributed by atoms with van der Waals surface area (Å²) in [6.45, 7) is 5.43. The van der Waals surface area contributed by atoms with Crippen LogP contribution in [0.4, 0.5) is 18.0 Å². The lowest BCUT2D eigenvalue weighted by atomic mass is 9.97. The van der Waals surface area contributed by atoms with Gasteiger partial charge in [0.2, 0.25) is 0 Å². The van der Waals surface area contributed by atoms with Gasteiger partial charge in [0.15, 0.2) is 0 Å². The molecule has 25 heavy (non-hydrogen) atoms. The van der Waals surface area contributed by atoms with Gasteiger partial charge in [0, 0.05) is 12.2 Å². The highest BCUT2D eigenvalue weighted by Gasteiger charge is 2.42.